The zero-order valence-electron chi connectivity index (χ0n) is 9.37. The Morgan fingerprint density at radius 1 is 1.06 bits per heavy atom. The summed E-state index contributed by atoms with van der Waals surface area (Å²) in [7, 11) is 1.90. The fourth-order valence-corrected chi connectivity index (χ4v) is 2.13. The molecule has 0 bridgehead atoms. The normalized spacial score (nSPS) is 10.5. The summed E-state index contributed by atoms with van der Waals surface area (Å²) in [6.45, 7) is 0.760. The van der Waals surface area contributed by atoms with Crippen LogP contribution in [0.3, 0.4) is 0 Å². The van der Waals surface area contributed by atoms with Crippen molar-refractivity contribution >= 4 is 23.2 Å². The first-order valence-electron chi connectivity index (χ1n) is 5.25. The molecule has 1 heterocycles. The highest BCUT2D eigenvalue weighted by molar-refractivity contribution is 6.35. The Kier molecular flexibility index (Phi) is 4.00. The largest absolute Gasteiger partial charge is 0.314 e. The zero-order chi connectivity index (χ0) is 12.3. The van der Waals surface area contributed by atoms with Crippen LogP contribution in [0.25, 0.3) is 11.1 Å². The molecule has 0 aliphatic heterocycles. The van der Waals surface area contributed by atoms with Gasteiger partial charge in [0, 0.05) is 28.4 Å². The fraction of sp³-hybridized carbons (Fsp3) is 0.154. The molecular weight excluding hydrogens is 255 g/mol. The molecule has 0 amide bonds. The molecule has 0 unspecified atom stereocenters. The Balaban J connectivity index is 2.32. The molecule has 0 radical (unpaired) electrons. The molecule has 1 N–H and O–H groups in total. The van der Waals surface area contributed by atoms with Crippen molar-refractivity contribution in [2.75, 3.05) is 7.05 Å². The summed E-state index contributed by atoms with van der Waals surface area (Å²) in [4.78, 5) is 4.36. The van der Waals surface area contributed by atoms with Crippen LogP contribution in [0.2, 0.25) is 10.0 Å². The van der Waals surface area contributed by atoms with Crippen molar-refractivity contribution in [2.45, 2.75) is 6.54 Å². The maximum atomic E-state index is 5.97. The van der Waals surface area contributed by atoms with E-state index < -0.39 is 0 Å². The predicted octanol–water partition coefficient (Wildman–Crippen LogP) is 3.77. The molecule has 0 saturated carbocycles. The third-order valence-corrected chi connectivity index (χ3v) is 2.81. The lowest BCUT2D eigenvalue weighted by Crippen LogP contribution is -2.06. The first-order valence-corrected chi connectivity index (χ1v) is 6.00. The number of hydrogen-bond donors (Lipinski definition) is 1. The van der Waals surface area contributed by atoms with Gasteiger partial charge in [-0.25, -0.2) is 0 Å². The van der Waals surface area contributed by atoms with Gasteiger partial charge in [-0.2, -0.15) is 0 Å². The zero-order valence-corrected chi connectivity index (χ0v) is 10.9. The molecule has 2 aromatic rings. The first-order chi connectivity index (χ1) is 8.19. The fourth-order valence-electron chi connectivity index (χ4n) is 1.60. The highest BCUT2D eigenvalue weighted by Gasteiger charge is 2.02. The Labute approximate surface area is 111 Å². The van der Waals surface area contributed by atoms with E-state index in [-0.39, 0.29) is 0 Å². The maximum absolute atomic E-state index is 5.97. The predicted molar refractivity (Wildman–Crippen MR) is 72.5 cm³/mol. The minimum atomic E-state index is 0.631. The first kappa shape index (κ1) is 12.4. The van der Waals surface area contributed by atoms with Crippen LogP contribution in [0, 0.1) is 0 Å². The number of nitrogens with one attached hydrogen (secondary N) is 1. The molecule has 0 fully saturated rings. The van der Waals surface area contributed by atoms with Crippen LogP contribution in [-0.4, -0.2) is 12.0 Å². The lowest BCUT2D eigenvalue weighted by atomic mass is 10.1. The molecule has 0 aliphatic carbocycles. The van der Waals surface area contributed by atoms with Gasteiger partial charge in [-0.3, -0.25) is 4.98 Å². The summed E-state index contributed by atoms with van der Waals surface area (Å²) >= 11 is 11.9. The minimum absolute atomic E-state index is 0.631. The van der Waals surface area contributed by atoms with E-state index in [1.54, 1.807) is 6.07 Å². The lowest BCUT2D eigenvalue weighted by Gasteiger charge is -2.04. The van der Waals surface area contributed by atoms with E-state index in [1.165, 1.54) is 0 Å². The number of hydrogen-bond acceptors (Lipinski definition) is 2. The van der Waals surface area contributed by atoms with E-state index in [0.29, 0.717) is 10.0 Å². The number of nitrogens with zero attached hydrogens (tertiary/aromatic N) is 1. The van der Waals surface area contributed by atoms with E-state index in [2.05, 4.69) is 10.3 Å². The molecule has 2 rings (SSSR count). The number of halogens is 2. The van der Waals surface area contributed by atoms with Crippen molar-refractivity contribution in [1.29, 1.82) is 0 Å². The van der Waals surface area contributed by atoms with Crippen LogP contribution in [0.15, 0.2) is 36.5 Å². The van der Waals surface area contributed by atoms with Crippen molar-refractivity contribution < 1.29 is 0 Å². The van der Waals surface area contributed by atoms with Crippen LogP contribution >= 0.6 is 23.2 Å². The second kappa shape index (κ2) is 5.50. The van der Waals surface area contributed by atoms with Crippen LogP contribution < -0.4 is 5.32 Å². The third kappa shape index (κ3) is 3.19. The number of rotatable bonds is 3. The quantitative estimate of drug-likeness (QED) is 0.915. The second-order valence-corrected chi connectivity index (χ2v) is 4.60. The monoisotopic (exact) mass is 266 g/mol. The molecule has 17 heavy (non-hydrogen) atoms. The van der Waals surface area contributed by atoms with Gasteiger partial charge in [-0.05, 0) is 36.9 Å². The van der Waals surface area contributed by atoms with E-state index in [9.17, 15) is 0 Å². The van der Waals surface area contributed by atoms with Crippen molar-refractivity contribution in [3.8, 4) is 11.1 Å². The summed E-state index contributed by atoms with van der Waals surface area (Å²) in [5, 5.41) is 4.32. The molecule has 1 aromatic heterocycles. The van der Waals surface area contributed by atoms with Crippen LogP contribution in [0.4, 0.5) is 0 Å². The standard InChI is InChI=1S/C13H12Cl2N2/c1-16-8-13-3-2-9(7-17-13)10-4-11(14)6-12(15)5-10/h2-7,16H,8H2,1H3. The van der Waals surface area contributed by atoms with Crippen molar-refractivity contribution in [2.24, 2.45) is 0 Å². The molecule has 0 saturated heterocycles. The second-order valence-electron chi connectivity index (χ2n) is 3.73. The van der Waals surface area contributed by atoms with Gasteiger partial charge in [0.05, 0.1) is 5.69 Å². The van der Waals surface area contributed by atoms with E-state index >= 15 is 0 Å². The molecule has 0 spiro atoms. The molecular formula is C13H12Cl2N2. The van der Waals surface area contributed by atoms with Gasteiger partial charge in [-0.1, -0.05) is 29.3 Å². The molecule has 4 heteroatoms. The summed E-state index contributed by atoms with van der Waals surface area (Å²) in [5.41, 5.74) is 2.99. The Hall–Kier alpha value is -1.09. The highest BCUT2D eigenvalue weighted by atomic mass is 35.5. The molecule has 2 nitrogen and oxygen atoms in total. The number of pyridine rings is 1. The molecule has 88 valence electrons. The molecule has 0 aliphatic rings. The maximum Gasteiger partial charge on any atom is 0.0542 e. The smallest absolute Gasteiger partial charge is 0.0542 e. The number of benzene rings is 1. The molecule has 1 aromatic carbocycles. The average molecular weight is 267 g/mol. The Morgan fingerprint density at radius 3 is 2.29 bits per heavy atom. The lowest BCUT2D eigenvalue weighted by molar-refractivity contribution is 0.791. The van der Waals surface area contributed by atoms with Gasteiger partial charge in [-0.15, -0.1) is 0 Å². The van der Waals surface area contributed by atoms with Crippen molar-refractivity contribution in [3.63, 3.8) is 0 Å². The Morgan fingerprint density at radius 2 is 1.76 bits per heavy atom. The number of aromatic nitrogens is 1. The van der Waals surface area contributed by atoms with Gasteiger partial charge >= 0.3 is 0 Å². The molecule has 0 atom stereocenters. The Bertz CT molecular complexity index is 489. The van der Waals surface area contributed by atoms with E-state index in [4.69, 9.17) is 23.2 Å². The average Bonchev–Trinajstić information content (AvgIpc) is 2.29. The summed E-state index contributed by atoms with van der Waals surface area (Å²) in [6, 6.07) is 9.47. The van der Waals surface area contributed by atoms with E-state index in [1.807, 2.05) is 37.5 Å². The van der Waals surface area contributed by atoms with Crippen molar-refractivity contribution in [1.82, 2.24) is 10.3 Å². The minimum Gasteiger partial charge on any atom is -0.314 e. The van der Waals surface area contributed by atoms with Crippen LogP contribution in [0.5, 0.6) is 0 Å². The van der Waals surface area contributed by atoms with Gasteiger partial charge in [0.1, 0.15) is 0 Å². The van der Waals surface area contributed by atoms with Gasteiger partial charge < -0.3 is 5.32 Å². The third-order valence-electron chi connectivity index (χ3n) is 2.38. The van der Waals surface area contributed by atoms with Gasteiger partial charge in [0.15, 0.2) is 0 Å². The topological polar surface area (TPSA) is 24.9 Å². The van der Waals surface area contributed by atoms with Gasteiger partial charge in [0.25, 0.3) is 0 Å². The van der Waals surface area contributed by atoms with Crippen LogP contribution in [0.1, 0.15) is 5.69 Å². The van der Waals surface area contributed by atoms with Crippen molar-refractivity contribution in [3.05, 3.63) is 52.3 Å². The SMILES string of the molecule is CNCc1ccc(-c2cc(Cl)cc(Cl)c2)cn1. The van der Waals surface area contributed by atoms with E-state index in [0.717, 1.165) is 23.4 Å². The summed E-state index contributed by atoms with van der Waals surface area (Å²) in [5.74, 6) is 0. The highest BCUT2D eigenvalue weighted by Crippen LogP contribution is 2.26. The summed E-state index contributed by atoms with van der Waals surface area (Å²) < 4.78 is 0. The van der Waals surface area contributed by atoms with Crippen LogP contribution in [-0.2, 0) is 6.54 Å². The summed E-state index contributed by atoms with van der Waals surface area (Å²) in [6.07, 6.45) is 1.83. The van der Waals surface area contributed by atoms with Gasteiger partial charge in [0.2, 0.25) is 0 Å².